The van der Waals surface area contributed by atoms with Crippen LogP contribution in [0.15, 0.2) is 35.9 Å². The van der Waals surface area contributed by atoms with Gasteiger partial charge < -0.3 is 4.90 Å². The zero-order chi connectivity index (χ0) is 15.9. The summed E-state index contributed by atoms with van der Waals surface area (Å²) in [6, 6.07) is 6.86. The monoisotopic (exact) mass is 304 g/mol. The van der Waals surface area contributed by atoms with Crippen LogP contribution in [0.1, 0.15) is 33.6 Å². The summed E-state index contributed by atoms with van der Waals surface area (Å²) >= 11 is 0. The Kier molecular flexibility index (Phi) is 6.44. The van der Waals surface area contributed by atoms with Gasteiger partial charge in [-0.05, 0) is 56.9 Å². The molecule has 1 saturated heterocycles. The van der Waals surface area contributed by atoms with Crippen LogP contribution >= 0.6 is 0 Å². The van der Waals surface area contributed by atoms with Crippen LogP contribution in [0, 0.1) is 11.7 Å². The van der Waals surface area contributed by atoms with E-state index in [1.807, 2.05) is 12.1 Å². The van der Waals surface area contributed by atoms with Crippen molar-refractivity contribution in [3.05, 3.63) is 41.7 Å². The van der Waals surface area contributed by atoms with E-state index in [0.29, 0.717) is 0 Å². The molecule has 1 aromatic rings. The van der Waals surface area contributed by atoms with Crippen LogP contribution in [-0.2, 0) is 0 Å². The third-order valence-electron chi connectivity index (χ3n) is 4.35. The Morgan fingerprint density at radius 3 is 2.36 bits per heavy atom. The molecule has 122 valence electrons. The van der Waals surface area contributed by atoms with Crippen LogP contribution in [0.3, 0.4) is 0 Å². The molecular weight excluding hydrogens is 275 g/mol. The van der Waals surface area contributed by atoms with Gasteiger partial charge in [0.15, 0.2) is 0 Å². The summed E-state index contributed by atoms with van der Waals surface area (Å²) in [5.74, 6) is 0.584. The van der Waals surface area contributed by atoms with Gasteiger partial charge in [-0.2, -0.15) is 0 Å². The standard InChI is InChI=1S/C19H29FN2/c1-16(2)5-4-6-17(3)15-21-11-13-22(14-12-21)19-9-7-18(20)8-10-19/h5,7-10,17H,4,6,11-15H2,1-3H3/t17-/m1/s1. The molecule has 1 heterocycles. The van der Waals surface area contributed by atoms with Crippen molar-refractivity contribution in [1.29, 1.82) is 0 Å². The van der Waals surface area contributed by atoms with Crippen LogP contribution in [0.4, 0.5) is 10.1 Å². The lowest BCUT2D eigenvalue weighted by molar-refractivity contribution is 0.220. The first kappa shape index (κ1) is 17.0. The van der Waals surface area contributed by atoms with Gasteiger partial charge in [0.25, 0.3) is 0 Å². The average molecular weight is 304 g/mol. The van der Waals surface area contributed by atoms with Crippen molar-refractivity contribution in [1.82, 2.24) is 4.90 Å². The van der Waals surface area contributed by atoms with E-state index in [2.05, 4.69) is 36.6 Å². The second-order valence-electron chi connectivity index (χ2n) is 6.73. The Morgan fingerprint density at radius 2 is 1.77 bits per heavy atom. The topological polar surface area (TPSA) is 6.48 Å². The molecule has 22 heavy (non-hydrogen) atoms. The second kappa shape index (κ2) is 8.33. The predicted molar refractivity (Wildman–Crippen MR) is 92.9 cm³/mol. The van der Waals surface area contributed by atoms with E-state index in [1.165, 1.54) is 25.0 Å². The van der Waals surface area contributed by atoms with Gasteiger partial charge in [0.1, 0.15) is 5.82 Å². The number of benzene rings is 1. The fraction of sp³-hybridized carbons (Fsp3) is 0.579. The first-order chi connectivity index (χ1) is 10.5. The minimum absolute atomic E-state index is 0.160. The summed E-state index contributed by atoms with van der Waals surface area (Å²) in [5.41, 5.74) is 2.55. The highest BCUT2D eigenvalue weighted by Gasteiger charge is 2.18. The van der Waals surface area contributed by atoms with E-state index in [1.54, 1.807) is 12.1 Å². The Hall–Kier alpha value is -1.35. The molecular formula is C19H29FN2. The smallest absolute Gasteiger partial charge is 0.123 e. The number of allylic oxidation sites excluding steroid dienone is 2. The number of anilines is 1. The van der Waals surface area contributed by atoms with Gasteiger partial charge >= 0.3 is 0 Å². The van der Waals surface area contributed by atoms with E-state index < -0.39 is 0 Å². The van der Waals surface area contributed by atoms with Crippen molar-refractivity contribution in [2.24, 2.45) is 5.92 Å². The molecule has 0 bridgehead atoms. The first-order valence-electron chi connectivity index (χ1n) is 8.41. The Bertz CT molecular complexity index is 469. The maximum atomic E-state index is 13.0. The minimum atomic E-state index is -0.160. The van der Waals surface area contributed by atoms with E-state index in [0.717, 1.165) is 37.8 Å². The highest BCUT2D eigenvalue weighted by atomic mass is 19.1. The Morgan fingerprint density at radius 1 is 1.14 bits per heavy atom. The maximum absolute atomic E-state index is 13.0. The fourth-order valence-corrected chi connectivity index (χ4v) is 3.03. The summed E-state index contributed by atoms with van der Waals surface area (Å²) in [6.07, 6.45) is 4.80. The predicted octanol–water partition coefficient (Wildman–Crippen LogP) is 4.33. The summed E-state index contributed by atoms with van der Waals surface area (Å²) in [5, 5.41) is 0. The molecule has 0 N–H and O–H groups in total. The molecule has 0 aromatic heterocycles. The van der Waals surface area contributed by atoms with E-state index >= 15 is 0 Å². The molecule has 1 fully saturated rings. The highest BCUT2D eigenvalue weighted by molar-refractivity contribution is 5.46. The summed E-state index contributed by atoms with van der Waals surface area (Å²) in [6.45, 7) is 12.1. The minimum Gasteiger partial charge on any atom is -0.369 e. The molecule has 0 saturated carbocycles. The maximum Gasteiger partial charge on any atom is 0.123 e. The summed E-state index contributed by atoms with van der Waals surface area (Å²) < 4.78 is 13.0. The summed E-state index contributed by atoms with van der Waals surface area (Å²) in [4.78, 5) is 4.91. The van der Waals surface area contributed by atoms with Crippen molar-refractivity contribution in [3.8, 4) is 0 Å². The number of halogens is 1. The zero-order valence-electron chi connectivity index (χ0n) is 14.2. The van der Waals surface area contributed by atoms with E-state index in [-0.39, 0.29) is 5.82 Å². The van der Waals surface area contributed by atoms with Gasteiger partial charge in [-0.3, -0.25) is 4.90 Å². The lowest BCUT2D eigenvalue weighted by Gasteiger charge is -2.37. The number of piperazine rings is 1. The zero-order valence-corrected chi connectivity index (χ0v) is 14.2. The van der Waals surface area contributed by atoms with Gasteiger partial charge in [0.05, 0.1) is 0 Å². The van der Waals surface area contributed by atoms with Gasteiger partial charge in [0, 0.05) is 38.4 Å². The molecule has 2 nitrogen and oxygen atoms in total. The quantitative estimate of drug-likeness (QED) is 0.722. The first-order valence-corrected chi connectivity index (χ1v) is 8.41. The Labute approximate surface area is 134 Å². The molecule has 1 aliphatic rings. The molecule has 1 aromatic carbocycles. The van der Waals surface area contributed by atoms with Gasteiger partial charge in [-0.1, -0.05) is 18.6 Å². The van der Waals surface area contributed by atoms with Crippen molar-refractivity contribution in [2.75, 3.05) is 37.6 Å². The van der Waals surface area contributed by atoms with Crippen molar-refractivity contribution in [3.63, 3.8) is 0 Å². The molecule has 0 radical (unpaired) electrons. The third kappa shape index (κ3) is 5.45. The molecule has 1 atom stereocenters. The van der Waals surface area contributed by atoms with Crippen LogP contribution < -0.4 is 4.90 Å². The number of rotatable bonds is 6. The van der Waals surface area contributed by atoms with E-state index in [9.17, 15) is 4.39 Å². The van der Waals surface area contributed by atoms with Gasteiger partial charge in [-0.25, -0.2) is 4.39 Å². The van der Waals surface area contributed by atoms with Crippen LogP contribution in [0.5, 0.6) is 0 Å². The molecule has 0 unspecified atom stereocenters. The fourth-order valence-electron chi connectivity index (χ4n) is 3.03. The van der Waals surface area contributed by atoms with Crippen molar-refractivity contribution in [2.45, 2.75) is 33.6 Å². The number of hydrogen-bond donors (Lipinski definition) is 0. The molecule has 2 rings (SSSR count). The molecule has 3 heteroatoms. The number of nitrogens with zero attached hydrogens (tertiary/aromatic N) is 2. The largest absolute Gasteiger partial charge is 0.369 e. The van der Waals surface area contributed by atoms with Crippen LogP contribution in [0.2, 0.25) is 0 Å². The van der Waals surface area contributed by atoms with Gasteiger partial charge in [0.2, 0.25) is 0 Å². The highest BCUT2D eigenvalue weighted by Crippen LogP contribution is 2.18. The summed E-state index contributed by atoms with van der Waals surface area (Å²) in [7, 11) is 0. The van der Waals surface area contributed by atoms with E-state index in [4.69, 9.17) is 0 Å². The number of hydrogen-bond acceptors (Lipinski definition) is 2. The lowest BCUT2D eigenvalue weighted by atomic mass is 10.0. The average Bonchev–Trinajstić information content (AvgIpc) is 2.48. The second-order valence-corrected chi connectivity index (χ2v) is 6.73. The molecule has 1 aliphatic heterocycles. The van der Waals surface area contributed by atoms with Crippen molar-refractivity contribution >= 4 is 5.69 Å². The Balaban J connectivity index is 1.72. The lowest BCUT2D eigenvalue weighted by Crippen LogP contribution is -2.47. The van der Waals surface area contributed by atoms with Crippen molar-refractivity contribution < 1.29 is 4.39 Å². The molecule has 0 amide bonds. The molecule has 0 aliphatic carbocycles. The molecule has 0 spiro atoms. The van der Waals surface area contributed by atoms with Crippen LogP contribution in [-0.4, -0.2) is 37.6 Å². The van der Waals surface area contributed by atoms with Gasteiger partial charge in [-0.15, -0.1) is 0 Å². The third-order valence-corrected chi connectivity index (χ3v) is 4.35. The normalized spacial score (nSPS) is 17.4. The van der Waals surface area contributed by atoms with Crippen LogP contribution in [0.25, 0.3) is 0 Å². The SMILES string of the molecule is CC(C)=CCC[C@@H](C)CN1CCN(c2ccc(F)cc2)CC1.